The molecule has 21 heavy (non-hydrogen) atoms. The zero-order valence-electron chi connectivity index (χ0n) is 11.9. The summed E-state index contributed by atoms with van der Waals surface area (Å²) in [6.07, 6.45) is 0. The van der Waals surface area contributed by atoms with Crippen molar-refractivity contribution in [1.29, 1.82) is 0 Å². The molecule has 3 nitrogen and oxygen atoms in total. The number of benzene rings is 2. The Morgan fingerprint density at radius 1 is 1.19 bits per heavy atom. The van der Waals surface area contributed by atoms with E-state index in [4.69, 9.17) is 26.8 Å². The molecule has 0 aliphatic carbocycles. The van der Waals surface area contributed by atoms with Crippen LogP contribution in [-0.2, 0) is 6.61 Å². The highest BCUT2D eigenvalue weighted by atomic mass is 35.5. The standard InChI is InChI=1S/C16H17ClFNO2/c1-10(19)11-3-6-15(16(8-11)20-2)21-9-12-7-13(18)4-5-14(12)17/h3-8,10H,9,19H2,1-2H3/t10-/m0/s1. The van der Waals surface area contributed by atoms with Crippen LogP contribution in [0.15, 0.2) is 36.4 Å². The Bertz CT molecular complexity index is 632. The molecule has 0 aliphatic heterocycles. The maximum absolute atomic E-state index is 13.2. The molecule has 0 unspecified atom stereocenters. The summed E-state index contributed by atoms with van der Waals surface area (Å²) in [7, 11) is 1.56. The van der Waals surface area contributed by atoms with Gasteiger partial charge in [0.25, 0.3) is 0 Å². The van der Waals surface area contributed by atoms with Crippen LogP contribution in [0, 0.1) is 5.82 Å². The maximum Gasteiger partial charge on any atom is 0.161 e. The van der Waals surface area contributed by atoms with Crippen molar-refractivity contribution in [2.24, 2.45) is 5.73 Å². The molecule has 5 heteroatoms. The van der Waals surface area contributed by atoms with E-state index in [1.807, 2.05) is 19.1 Å². The molecule has 2 rings (SSSR count). The predicted octanol–water partition coefficient (Wildman–Crippen LogP) is 4.09. The summed E-state index contributed by atoms with van der Waals surface area (Å²) in [5.74, 6) is 0.789. The lowest BCUT2D eigenvalue weighted by molar-refractivity contribution is 0.284. The lowest BCUT2D eigenvalue weighted by Gasteiger charge is -2.14. The largest absolute Gasteiger partial charge is 0.493 e. The van der Waals surface area contributed by atoms with Crippen molar-refractivity contribution in [3.8, 4) is 11.5 Å². The summed E-state index contributed by atoms with van der Waals surface area (Å²) >= 11 is 6.01. The van der Waals surface area contributed by atoms with E-state index in [1.54, 1.807) is 13.2 Å². The highest BCUT2D eigenvalue weighted by Crippen LogP contribution is 2.31. The number of hydrogen-bond donors (Lipinski definition) is 1. The van der Waals surface area contributed by atoms with Gasteiger partial charge in [0.1, 0.15) is 12.4 Å². The number of nitrogens with two attached hydrogens (primary N) is 1. The molecule has 0 saturated carbocycles. The fourth-order valence-electron chi connectivity index (χ4n) is 1.90. The molecule has 0 radical (unpaired) electrons. The third-order valence-corrected chi connectivity index (χ3v) is 3.47. The number of ether oxygens (including phenoxy) is 2. The molecule has 2 aromatic rings. The summed E-state index contributed by atoms with van der Waals surface area (Å²) in [4.78, 5) is 0. The average molecular weight is 310 g/mol. The van der Waals surface area contributed by atoms with Crippen LogP contribution in [0.1, 0.15) is 24.1 Å². The summed E-state index contributed by atoms with van der Waals surface area (Å²) in [5.41, 5.74) is 7.36. The third kappa shape index (κ3) is 3.86. The zero-order chi connectivity index (χ0) is 15.4. The molecule has 0 aliphatic rings. The Hall–Kier alpha value is -1.78. The minimum absolute atomic E-state index is 0.0920. The molecule has 0 bridgehead atoms. The second-order valence-corrected chi connectivity index (χ2v) is 5.13. The van der Waals surface area contributed by atoms with Gasteiger partial charge >= 0.3 is 0 Å². The van der Waals surface area contributed by atoms with Crippen LogP contribution in [0.2, 0.25) is 5.02 Å². The van der Waals surface area contributed by atoms with Gasteiger partial charge in [-0.1, -0.05) is 17.7 Å². The second-order valence-electron chi connectivity index (χ2n) is 4.72. The van der Waals surface area contributed by atoms with Gasteiger partial charge in [-0.25, -0.2) is 4.39 Å². The van der Waals surface area contributed by atoms with E-state index in [0.717, 1.165) is 5.56 Å². The van der Waals surface area contributed by atoms with Crippen molar-refractivity contribution >= 4 is 11.6 Å². The molecule has 0 fully saturated rings. The Balaban J connectivity index is 2.18. The van der Waals surface area contributed by atoms with Gasteiger partial charge in [-0.3, -0.25) is 0 Å². The minimum atomic E-state index is -0.350. The average Bonchev–Trinajstić information content (AvgIpc) is 2.47. The first-order valence-electron chi connectivity index (χ1n) is 6.51. The Labute approximate surface area is 128 Å². The number of rotatable bonds is 5. The van der Waals surface area contributed by atoms with Crippen LogP contribution in [0.25, 0.3) is 0 Å². The third-order valence-electron chi connectivity index (χ3n) is 3.10. The topological polar surface area (TPSA) is 44.5 Å². The van der Waals surface area contributed by atoms with Gasteiger partial charge in [0.05, 0.1) is 7.11 Å². The Morgan fingerprint density at radius 3 is 2.62 bits per heavy atom. The maximum atomic E-state index is 13.2. The Morgan fingerprint density at radius 2 is 1.95 bits per heavy atom. The van der Waals surface area contributed by atoms with Gasteiger partial charge in [0, 0.05) is 16.6 Å². The van der Waals surface area contributed by atoms with Gasteiger partial charge in [-0.15, -0.1) is 0 Å². The van der Waals surface area contributed by atoms with Crippen molar-refractivity contribution in [2.75, 3.05) is 7.11 Å². The zero-order valence-corrected chi connectivity index (χ0v) is 12.7. The Kier molecular flexibility index (Phi) is 5.04. The smallest absolute Gasteiger partial charge is 0.161 e. The van der Waals surface area contributed by atoms with Crippen LogP contribution >= 0.6 is 11.6 Å². The molecule has 0 heterocycles. The van der Waals surface area contributed by atoms with E-state index in [-0.39, 0.29) is 18.5 Å². The van der Waals surface area contributed by atoms with E-state index in [9.17, 15) is 4.39 Å². The summed E-state index contributed by atoms with van der Waals surface area (Å²) < 4.78 is 24.2. The lowest BCUT2D eigenvalue weighted by Crippen LogP contribution is -2.06. The quantitative estimate of drug-likeness (QED) is 0.905. The number of methoxy groups -OCH3 is 1. The molecular formula is C16H17ClFNO2. The van der Waals surface area contributed by atoms with Gasteiger partial charge in [0.15, 0.2) is 11.5 Å². The fraction of sp³-hybridized carbons (Fsp3) is 0.250. The molecule has 2 N–H and O–H groups in total. The first-order valence-corrected chi connectivity index (χ1v) is 6.89. The number of halogens is 2. The second kappa shape index (κ2) is 6.78. The SMILES string of the molecule is COc1cc([C@H](C)N)ccc1OCc1cc(F)ccc1Cl. The van der Waals surface area contributed by atoms with E-state index in [2.05, 4.69) is 0 Å². The van der Waals surface area contributed by atoms with Crippen LogP contribution in [-0.4, -0.2) is 7.11 Å². The van der Waals surface area contributed by atoms with E-state index in [1.165, 1.54) is 18.2 Å². The minimum Gasteiger partial charge on any atom is -0.493 e. The van der Waals surface area contributed by atoms with Crippen molar-refractivity contribution in [2.45, 2.75) is 19.6 Å². The molecule has 2 aromatic carbocycles. The van der Waals surface area contributed by atoms with Crippen LogP contribution in [0.5, 0.6) is 11.5 Å². The van der Waals surface area contributed by atoms with Gasteiger partial charge in [-0.2, -0.15) is 0 Å². The highest BCUT2D eigenvalue weighted by molar-refractivity contribution is 6.31. The van der Waals surface area contributed by atoms with Crippen molar-refractivity contribution < 1.29 is 13.9 Å². The summed E-state index contributed by atoms with van der Waals surface area (Å²) in [6, 6.07) is 9.56. The molecule has 0 saturated heterocycles. The molecule has 0 aromatic heterocycles. The van der Waals surface area contributed by atoms with E-state index in [0.29, 0.717) is 22.1 Å². The van der Waals surface area contributed by atoms with Crippen LogP contribution in [0.3, 0.4) is 0 Å². The van der Waals surface area contributed by atoms with Crippen molar-refractivity contribution in [3.05, 3.63) is 58.4 Å². The van der Waals surface area contributed by atoms with E-state index >= 15 is 0 Å². The van der Waals surface area contributed by atoms with Gasteiger partial charge in [-0.05, 0) is 42.8 Å². The molecule has 0 amide bonds. The summed E-state index contributed by atoms with van der Waals surface area (Å²) in [6.45, 7) is 2.05. The normalized spacial score (nSPS) is 12.0. The highest BCUT2D eigenvalue weighted by Gasteiger charge is 2.10. The van der Waals surface area contributed by atoms with Gasteiger partial charge < -0.3 is 15.2 Å². The van der Waals surface area contributed by atoms with Crippen molar-refractivity contribution in [1.82, 2.24) is 0 Å². The molecular weight excluding hydrogens is 293 g/mol. The summed E-state index contributed by atoms with van der Waals surface area (Å²) in [5, 5.41) is 0.461. The fourth-order valence-corrected chi connectivity index (χ4v) is 2.07. The van der Waals surface area contributed by atoms with Crippen LogP contribution < -0.4 is 15.2 Å². The first-order chi connectivity index (χ1) is 10.0. The predicted molar refractivity (Wildman–Crippen MR) is 81.3 cm³/mol. The first kappa shape index (κ1) is 15.6. The molecule has 0 spiro atoms. The van der Waals surface area contributed by atoms with Crippen molar-refractivity contribution in [3.63, 3.8) is 0 Å². The molecule has 112 valence electrons. The lowest BCUT2D eigenvalue weighted by atomic mass is 10.1. The number of hydrogen-bond acceptors (Lipinski definition) is 3. The monoisotopic (exact) mass is 309 g/mol. The molecule has 1 atom stereocenters. The van der Waals surface area contributed by atoms with Gasteiger partial charge in [0.2, 0.25) is 0 Å². The van der Waals surface area contributed by atoms with Crippen LogP contribution in [0.4, 0.5) is 4.39 Å². The van der Waals surface area contributed by atoms with E-state index < -0.39 is 0 Å².